The van der Waals surface area contributed by atoms with Crippen molar-refractivity contribution in [1.29, 1.82) is 0 Å². The van der Waals surface area contributed by atoms with Crippen molar-refractivity contribution >= 4 is 0 Å². The van der Waals surface area contributed by atoms with Crippen LogP contribution in [0.15, 0.2) is 0 Å². The van der Waals surface area contributed by atoms with Gasteiger partial charge in [-0.3, -0.25) is 0 Å². The first-order valence-electron chi connectivity index (χ1n) is 11.0. The van der Waals surface area contributed by atoms with Crippen molar-refractivity contribution in [3.63, 3.8) is 0 Å². The van der Waals surface area contributed by atoms with Crippen LogP contribution < -0.4 is 11.1 Å². The molecule has 2 rings (SSSR count). The maximum atomic E-state index is 5.55. The van der Waals surface area contributed by atoms with Crippen LogP contribution in [0.5, 0.6) is 0 Å². The highest BCUT2D eigenvalue weighted by atomic mass is 15.3. The Bertz CT molecular complexity index is 298. The number of hydrogen-bond donors (Lipinski definition) is 2. The maximum absolute atomic E-state index is 5.55. The first-order valence-corrected chi connectivity index (χ1v) is 11.0. The van der Waals surface area contributed by atoms with Gasteiger partial charge in [0.1, 0.15) is 0 Å². The minimum Gasteiger partial charge on any atom is -0.330 e. The molecule has 0 amide bonds. The molecule has 2 aliphatic heterocycles. The van der Waals surface area contributed by atoms with Gasteiger partial charge in [-0.15, -0.1) is 0 Å². The van der Waals surface area contributed by atoms with Gasteiger partial charge in [-0.25, -0.2) is 0 Å². The summed E-state index contributed by atoms with van der Waals surface area (Å²) < 4.78 is 0. The standard InChI is InChI=1S/C20H43N5/c21-9-5-1-2-6-13-24-17-19-25(20-18-24)14-8-4-3-7-12-23-15-10-22-11-16-23/h22H,1-21H2. The molecule has 148 valence electrons. The molecule has 0 aromatic carbocycles. The summed E-state index contributed by atoms with van der Waals surface area (Å²) in [6, 6.07) is 0. The first-order chi connectivity index (χ1) is 12.4. The van der Waals surface area contributed by atoms with E-state index in [1.54, 1.807) is 0 Å². The highest BCUT2D eigenvalue weighted by Gasteiger charge is 2.15. The molecule has 0 saturated carbocycles. The van der Waals surface area contributed by atoms with E-state index in [1.165, 1.54) is 123 Å². The number of unbranched alkanes of at least 4 members (excludes halogenated alkanes) is 6. The molecule has 2 heterocycles. The molecule has 0 spiro atoms. The second-order valence-electron chi connectivity index (χ2n) is 7.89. The molecule has 0 atom stereocenters. The van der Waals surface area contributed by atoms with Gasteiger partial charge in [0.2, 0.25) is 0 Å². The lowest BCUT2D eigenvalue weighted by Crippen LogP contribution is -2.46. The third-order valence-corrected chi connectivity index (χ3v) is 5.80. The van der Waals surface area contributed by atoms with Crippen LogP contribution in [0.25, 0.3) is 0 Å². The SMILES string of the molecule is NCCCCCCN1CCN(CCCCCCN2CCNCC2)CC1. The monoisotopic (exact) mass is 353 g/mol. The maximum Gasteiger partial charge on any atom is 0.0110 e. The Labute approximate surface area is 156 Å². The summed E-state index contributed by atoms with van der Waals surface area (Å²) in [6.07, 6.45) is 10.8. The van der Waals surface area contributed by atoms with Crippen LogP contribution in [0.3, 0.4) is 0 Å². The van der Waals surface area contributed by atoms with Gasteiger partial charge in [-0.1, -0.05) is 25.7 Å². The lowest BCUT2D eigenvalue weighted by atomic mass is 10.1. The summed E-state index contributed by atoms with van der Waals surface area (Å²) in [5.74, 6) is 0. The Hall–Kier alpha value is -0.200. The zero-order valence-corrected chi connectivity index (χ0v) is 16.6. The van der Waals surface area contributed by atoms with Crippen LogP contribution in [-0.2, 0) is 0 Å². The fraction of sp³-hybridized carbons (Fsp3) is 1.00. The van der Waals surface area contributed by atoms with Crippen molar-refractivity contribution in [3.05, 3.63) is 0 Å². The second kappa shape index (κ2) is 13.9. The lowest BCUT2D eigenvalue weighted by Gasteiger charge is -2.34. The number of rotatable bonds is 13. The van der Waals surface area contributed by atoms with E-state index in [9.17, 15) is 0 Å². The fourth-order valence-electron chi connectivity index (χ4n) is 4.03. The molecule has 5 nitrogen and oxygen atoms in total. The molecule has 3 N–H and O–H groups in total. The van der Waals surface area contributed by atoms with Crippen molar-refractivity contribution in [2.24, 2.45) is 5.73 Å². The van der Waals surface area contributed by atoms with Crippen molar-refractivity contribution < 1.29 is 0 Å². The van der Waals surface area contributed by atoms with E-state index in [1.807, 2.05) is 0 Å². The van der Waals surface area contributed by atoms with Crippen LogP contribution in [0.4, 0.5) is 0 Å². The molecule has 25 heavy (non-hydrogen) atoms. The Morgan fingerprint density at radius 1 is 0.520 bits per heavy atom. The van der Waals surface area contributed by atoms with Gasteiger partial charge < -0.3 is 25.8 Å². The molecule has 0 unspecified atom stereocenters. The number of hydrogen-bond acceptors (Lipinski definition) is 5. The average molecular weight is 354 g/mol. The summed E-state index contributed by atoms with van der Waals surface area (Å²) in [7, 11) is 0. The van der Waals surface area contributed by atoms with Crippen LogP contribution in [-0.4, -0.2) is 93.2 Å². The van der Waals surface area contributed by atoms with E-state index >= 15 is 0 Å². The number of nitrogens with zero attached hydrogens (tertiary/aromatic N) is 3. The molecule has 0 aromatic heterocycles. The molecular formula is C20H43N5. The third kappa shape index (κ3) is 9.90. The minimum absolute atomic E-state index is 0.856. The van der Waals surface area contributed by atoms with Gasteiger partial charge >= 0.3 is 0 Å². The highest BCUT2D eigenvalue weighted by Crippen LogP contribution is 2.08. The van der Waals surface area contributed by atoms with Crippen molar-refractivity contribution in [3.8, 4) is 0 Å². The van der Waals surface area contributed by atoms with Gasteiger partial charge in [-0.2, -0.15) is 0 Å². The molecule has 2 fully saturated rings. The average Bonchev–Trinajstić information content (AvgIpc) is 2.66. The smallest absolute Gasteiger partial charge is 0.0110 e. The Kier molecular flexibility index (Phi) is 11.8. The van der Waals surface area contributed by atoms with Crippen LogP contribution in [0.2, 0.25) is 0 Å². The molecule has 5 heteroatoms. The van der Waals surface area contributed by atoms with E-state index in [0.29, 0.717) is 0 Å². The summed E-state index contributed by atoms with van der Waals surface area (Å²) in [6.45, 7) is 14.8. The zero-order valence-electron chi connectivity index (χ0n) is 16.6. The fourth-order valence-corrected chi connectivity index (χ4v) is 4.03. The predicted molar refractivity (Wildman–Crippen MR) is 108 cm³/mol. The first kappa shape index (κ1) is 21.1. The van der Waals surface area contributed by atoms with E-state index < -0.39 is 0 Å². The van der Waals surface area contributed by atoms with E-state index in [4.69, 9.17) is 5.73 Å². The zero-order chi connectivity index (χ0) is 17.6. The molecule has 0 bridgehead atoms. The Morgan fingerprint density at radius 2 is 0.920 bits per heavy atom. The van der Waals surface area contributed by atoms with E-state index in [2.05, 4.69) is 20.0 Å². The van der Waals surface area contributed by atoms with Crippen molar-refractivity contribution in [2.45, 2.75) is 51.4 Å². The van der Waals surface area contributed by atoms with Crippen LogP contribution in [0.1, 0.15) is 51.4 Å². The lowest BCUT2D eigenvalue weighted by molar-refractivity contribution is 0.129. The van der Waals surface area contributed by atoms with Crippen LogP contribution >= 0.6 is 0 Å². The largest absolute Gasteiger partial charge is 0.330 e. The van der Waals surface area contributed by atoms with Gasteiger partial charge in [0.05, 0.1) is 0 Å². The van der Waals surface area contributed by atoms with Crippen molar-refractivity contribution in [2.75, 3.05) is 78.5 Å². The van der Waals surface area contributed by atoms with Gasteiger partial charge in [-0.05, 0) is 51.9 Å². The normalized spacial score (nSPS) is 21.0. The predicted octanol–water partition coefficient (Wildman–Crippen LogP) is 1.59. The molecule has 0 radical (unpaired) electrons. The van der Waals surface area contributed by atoms with Gasteiger partial charge in [0.25, 0.3) is 0 Å². The van der Waals surface area contributed by atoms with E-state index in [-0.39, 0.29) is 0 Å². The summed E-state index contributed by atoms with van der Waals surface area (Å²) in [5, 5.41) is 3.43. The number of nitrogens with two attached hydrogens (primary N) is 1. The molecule has 0 aromatic rings. The van der Waals surface area contributed by atoms with Gasteiger partial charge in [0.15, 0.2) is 0 Å². The van der Waals surface area contributed by atoms with Gasteiger partial charge in [0, 0.05) is 52.4 Å². The van der Waals surface area contributed by atoms with Crippen LogP contribution in [0, 0.1) is 0 Å². The molecule has 2 aliphatic rings. The number of nitrogens with one attached hydrogen (secondary N) is 1. The summed E-state index contributed by atoms with van der Waals surface area (Å²) >= 11 is 0. The minimum atomic E-state index is 0.856. The quantitative estimate of drug-likeness (QED) is 0.493. The molecule has 2 saturated heterocycles. The Balaban J connectivity index is 1.37. The summed E-state index contributed by atoms with van der Waals surface area (Å²) in [4.78, 5) is 7.96. The summed E-state index contributed by atoms with van der Waals surface area (Å²) in [5.41, 5.74) is 5.55. The second-order valence-corrected chi connectivity index (χ2v) is 7.89. The molecule has 0 aliphatic carbocycles. The third-order valence-electron chi connectivity index (χ3n) is 5.80. The van der Waals surface area contributed by atoms with Crippen molar-refractivity contribution in [1.82, 2.24) is 20.0 Å². The Morgan fingerprint density at radius 3 is 1.36 bits per heavy atom. The van der Waals surface area contributed by atoms with E-state index in [0.717, 1.165) is 6.54 Å². The topological polar surface area (TPSA) is 47.8 Å². The highest BCUT2D eigenvalue weighted by molar-refractivity contribution is 4.72. The molecular weight excluding hydrogens is 310 g/mol. The number of piperazine rings is 2.